The largest absolute Gasteiger partial charge is 0.268 e. The molecular weight excluding hydrogens is 388 g/mol. The highest BCUT2D eigenvalue weighted by Crippen LogP contribution is 2.21. The Labute approximate surface area is 172 Å². The number of hydrogen-bond acceptors (Lipinski definition) is 4. The molecule has 28 heavy (non-hydrogen) atoms. The number of nitrogens with zero attached hydrogens (tertiary/aromatic N) is 2. The zero-order valence-corrected chi connectivity index (χ0v) is 17.9. The maximum absolute atomic E-state index is 12.5. The van der Waals surface area contributed by atoms with Gasteiger partial charge in [0.25, 0.3) is 11.1 Å². The maximum Gasteiger partial charge on any atom is 0.268 e. The summed E-state index contributed by atoms with van der Waals surface area (Å²) in [6, 6.07) is 12.1. The number of fused-ring (bicyclic) bond motifs is 2. The van der Waals surface area contributed by atoms with Gasteiger partial charge in [0, 0.05) is 13.1 Å². The average molecular weight is 413 g/mol. The maximum atomic E-state index is 12.5. The van der Waals surface area contributed by atoms with Crippen molar-refractivity contribution in [1.82, 2.24) is 7.91 Å². The highest BCUT2D eigenvalue weighted by atomic mass is 32.1. The molecule has 0 spiro atoms. The van der Waals surface area contributed by atoms with Crippen molar-refractivity contribution in [3.63, 3.8) is 0 Å². The van der Waals surface area contributed by atoms with Gasteiger partial charge in [0.1, 0.15) is 0 Å². The van der Waals surface area contributed by atoms with Crippen LogP contribution in [0.5, 0.6) is 0 Å². The van der Waals surface area contributed by atoms with E-state index in [9.17, 15) is 9.59 Å². The van der Waals surface area contributed by atoms with E-state index in [0.29, 0.717) is 0 Å². The summed E-state index contributed by atoms with van der Waals surface area (Å²) in [5.41, 5.74) is 2.40. The first-order valence-corrected chi connectivity index (χ1v) is 11.3. The lowest BCUT2D eigenvalue weighted by Crippen LogP contribution is -2.14. The lowest BCUT2D eigenvalue weighted by Gasteiger charge is -2.02. The molecule has 2 heterocycles. The quantitative estimate of drug-likeness (QED) is 0.386. The van der Waals surface area contributed by atoms with Gasteiger partial charge in [0.15, 0.2) is 0 Å². The molecule has 0 fully saturated rings. The lowest BCUT2D eigenvalue weighted by molar-refractivity contribution is 0.557. The monoisotopic (exact) mass is 412 g/mol. The van der Waals surface area contributed by atoms with E-state index in [2.05, 4.69) is 0 Å². The van der Waals surface area contributed by atoms with Gasteiger partial charge in [-0.25, -0.2) is 0 Å². The van der Waals surface area contributed by atoms with E-state index in [1.807, 2.05) is 58.2 Å². The van der Waals surface area contributed by atoms with Crippen LogP contribution in [0.2, 0.25) is 0 Å². The molecule has 0 aliphatic heterocycles. The molecule has 0 bridgehead atoms. The topological polar surface area (TPSA) is 44.0 Å². The highest BCUT2D eigenvalue weighted by molar-refractivity contribution is 7.14. The summed E-state index contributed by atoms with van der Waals surface area (Å²) in [5, 5.41) is 1.74. The van der Waals surface area contributed by atoms with Crippen LogP contribution in [0.1, 0.15) is 36.8 Å². The minimum absolute atomic E-state index is 0.144. The zero-order chi connectivity index (χ0) is 19.7. The number of aryl methyl sites for hydroxylation is 4. The molecule has 2 aromatic heterocycles. The van der Waals surface area contributed by atoms with Crippen LogP contribution in [0.15, 0.2) is 46.0 Å². The fourth-order valence-electron chi connectivity index (χ4n) is 3.71. The van der Waals surface area contributed by atoms with E-state index < -0.39 is 0 Å². The molecule has 2 aromatic carbocycles. The van der Waals surface area contributed by atoms with Gasteiger partial charge in [-0.2, -0.15) is 0 Å². The number of rotatable bonds is 7. The number of benzene rings is 2. The number of unbranched alkanes of at least 4 members (excludes halogenated alkanes) is 3. The smallest absolute Gasteiger partial charge is 0.268 e. The Bertz CT molecular complexity index is 1150. The molecule has 0 aliphatic carbocycles. The first-order chi connectivity index (χ1) is 13.6. The van der Waals surface area contributed by atoms with Crippen molar-refractivity contribution in [3.05, 3.63) is 68.2 Å². The van der Waals surface area contributed by atoms with Crippen molar-refractivity contribution in [2.75, 3.05) is 0 Å². The molecule has 6 heteroatoms. The van der Waals surface area contributed by atoms with Gasteiger partial charge in [-0.15, -0.1) is 0 Å². The molecule has 146 valence electrons. The Balaban J connectivity index is 1.30. The minimum Gasteiger partial charge on any atom is -0.268 e. The summed E-state index contributed by atoms with van der Waals surface area (Å²) in [6.45, 7) is 5.55. The molecular formula is C22H24N2O2S2. The Morgan fingerprint density at radius 2 is 1.11 bits per heavy atom. The molecule has 0 N–H and O–H groups in total. The van der Waals surface area contributed by atoms with Gasteiger partial charge in [0.05, 0.1) is 20.2 Å². The normalized spacial score (nSPS) is 11.6. The Kier molecular flexibility index (Phi) is 5.51. The van der Waals surface area contributed by atoms with Gasteiger partial charge in [-0.1, -0.05) is 60.2 Å². The summed E-state index contributed by atoms with van der Waals surface area (Å²) < 4.78 is 5.92. The number of aromatic nitrogens is 2. The van der Waals surface area contributed by atoms with Crippen molar-refractivity contribution < 1.29 is 0 Å². The van der Waals surface area contributed by atoms with E-state index in [4.69, 9.17) is 0 Å². The summed E-state index contributed by atoms with van der Waals surface area (Å²) in [4.78, 5) is 25.1. The van der Waals surface area contributed by atoms with Crippen molar-refractivity contribution in [3.8, 4) is 0 Å². The first kappa shape index (κ1) is 19.2. The van der Waals surface area contributed by atoms with Crippen LogP contribution in [0, 0.1) is 13.8 Å². The predicted molar refractivity (Wildman–Crippen MR) is 120 cm³/mol. The van der Waals surface area contributed by atoms with Crippen molar-refractivity contribution in [1.29, 1.82) is 0 Å². The zero-order valence-electron chi connectivity index (χ0n) is 16.2. The van der Waals surface area contributed by atoms with Crippen LogP contribution in [-0.4, -0.2) is 7.91 Å². The second-order valence-corrected chi connectivity index (χ2v) is 9.43. The first-order valence-electron chi connectivity index (χ1n) is 9.75. The fraction of sp³-hybridized carbons (Fsp3) is 0.364. The van der Waals surface area contributed by atoms with Gasteiger partial charge in [-0.05, 0) is 49.9 Å². The second kappa shape index (κ2) is 8.05. The van der Waals surface area contributed by atoms with Gasteiger partial charge in [0.2, 0.25) is 0 Å². The Hall–Kier alpha value is -2.18. The van der Waals surface area contributed by atoms with E-state index in [1.54, 1.807) is 23.1 Å². The highest BCUT2D eigenvalue weighted by Gasteiger charge is 2.10. The minimum atomic E-state index is 0.144. The van der Waals surface area contributed by atoms with Crippen molar-refractivity contribution >= 4 is 43.2 Å². The van der Waals surface area contributed by atoms with Crippen LogP contribution in [-0.2, 0) is 13.1 Å². The van der Waals surface area contributed by atoms with Crippen LogP contribution in [0.3, 0.4) is 0 Å². The summed E-state index contributed by atoms with van der Waals surface area (Å²) in [5.74, 6) is 0. The molecule has 0 amide bonds. The van der Waals surface area contributed by atoms with E-state index >= 15 is 0 Å². The lowest BCUT2D eigenvalue weighted by atomic mass is 10.1. The van der Waals surface area contributed by atoms with Crippen molar-refractivity contribution in [2.24, 2.45) is 0 Å². The third-order valence-corrected chi connectivity index (χ3v) is 7.45. The molecule has 0 atom stereocenters. The molecule has 4 rings (SSSR count). The van der Waals surface area contributed by atoms with Crippen LogP contribution < -0.4 is 11.1 Å². The molecule has 0 unspecified atom stereocenters. The fourth-order valence-corrected chi connectivity index (χ4v) is 5.93. The third-order valence-electron chi connectivity index (χ3n) is 5.24. The third kappa shape index (κ3) is 3.59. The second-order valence-electron chi connectivity index (χ2n) is 7.31. The Morgan fingerprint density at radius 3 is 1.50 bits per heavy atom. The standard InChI is InChI=1S/C22H24N2O2S2/c1-15-9-7-11-17-19(15)21(25)23(27-17)13-5-3-4-6-14-24-22(26)20-16(2)10-8-12-18(20)28-24/h7-12H,3-6,13-14H2,1-2H3. The molecule has 0 saturated heterocycles. The molecule has 0 radical (unpaired) electrons. The molecule has 0 aliphatic rings. The van der Waals surface area contributed by atoms with E-state index in [0.717, 1.165) is 70.1 Å². The van der Waals surface area contributed by atoms with E-state index in [1.165, 1.54) is 0 Å². The average Bonchev–Trinajstić information content (AvgIpc) is 3.17. The SMILES string of the molecule is Cc1cccc2sn(CCCCCCn3sc4cccc(C)c4c3=O)c(=O)c12. The van der Waals surface area contributed by atoms with Crippen LogP contribution in [0.4, 0.5) is 0 Å². The molecule has 0 saturated carbocycles. The molecule has 4 aromatic rings. The van der Waals surface area contributed by atoms with E-state index in [-0.39, 0.29) is 11.1 Å². The summed E-state index contributed by atoms with van der Waals surface area (Å²) >= 11 is 3.13. The van der Waals surface area contributed by atoms with Gasteiger partial charge >= 0.3 is 0 Å². The molecule has 4 nitrogen and oxygen atoms in total. The summed E-state index contributed by atoms with van der Waals surface area (Å²) in [6.07, 6.45) is 4.12. The van der Waals surface area contributed by atoms with Crippen LogP contribution >= 0.6 is 23.1 Å². The van der Waals surface area contributed by atoms with Gasteiger partial charge in [-0.3, -0.25) is 17.5 Å². The van der Waals surface area contributed by atoms with Crippen molar-refractivity contribution in [2.45, 2.75) is 52.6 Å². The van der Waals surface area contributed by atoms with Gasteiger partial charge < -0.3 is 0 Å². The number of hydrogen-bond donors (Lipinski definition) is 0. The predicted octanol–water partition coefficient (Wildman–Crippen LogP) is 5.32. The Morgan fingerprint density at radius 1 is 0.679 bits per heavy atom. The summed E-state index contributed by atoms with van der Waals surface area (Å²) in [7, 11) is 0. The van der Waals surface area contributed by atoms with Crippen LogP contribution in [0.25, 0.3) is 20.2 Å².